The van der Waals surface area contributed by atoms with Crippen LogP contribution in [0, 0.1) is 0 Å². The van der Waals surface area contributed by atoms with Gasteiger partial charge in [0.2, 0.25) is 0 Å². The second-order valence-corrected chi connectivity index (χ2v) is 5.20. The van der Waals surface area contributed by atoms with E-state index in [4.69, 9.17) is 4.74 Å². The Balaban J connectivity index is 2.53. The van der Waals surface area contributed by atoms with Crippen LogP contribution in [-0.4, -0.2) is 32.2 Å². The van der Waals surface area contributed by atoms with Crippen LogP contribution >= 0.6 is 0 Å². The third kappa shape index (κ3) is 1.78. The molecule has 0 saturated carbocycles. The van der Waals surface area contributed by atoms with Gasteiger partial charge in [-0.2, -0.15) is 0 Å². The van der Waals surface area contributed by atoms with Gasteiger partial charge in [-0.3, -0.25) is 0 Å². The van der Waals surface area contributed by atoms with Crippen LogP contribution in [0.25, 0.3) is 9.65 Å². The molecule has 0 aliphatic rings. The molecule has 0 saturated heterocycles. The van der Waals surface area contributed by atoms with Crippen molar-refractivity contribution in [2.75, 3.05) is 6.61 Å². The number of hydrogen-bond donors (Lipinski definition) is 1. The SMILES string of the molecule is CCOC(=O)c1[se]c2ccccc2c1O. The summed E-state index contributed by atoms with van der Waals surface area (Å²) < 4.78 is 6.34. The van der Waals surface area contributed by atoms with Crippen molar-refractivity contribution in [2.24, 2.45) is 0 Å². The van der Waals surface area contributed by atoms with Gasteiger partial charge in [0.25, 0.3) is 0 Å². The van der Waals surface area contributed by atoms with Crippen LogP contribution in [0.5, 0.6) is 5.75 Å². The van der Waals surface area contributed by atoms with Crippen molar-refractivity contribution in [3.63, 3.8) is 0 Å². The standard InChI is InChI=1S/C11H10O3Se/c1-2-14-11(13)10-9(12)7-5-3-4-6-8(7)15-10/h3-6,12H,2H2,1H3. The van der Waals surface area contributed by atoms with Crippen LogP contribution in [0.2, 0.25) is 0 Å². The van der Waals surface area contributed by atoms with E-state index >= 15 is 0 Å². The molecule has 0 atom stereocenters. The molecule has 0 unspecified atom stereocenters. The summed E-state index contributed by atoms with van der Waals surface area (Å²) in [4.78, 5) is 11.5. The summed E-state index contributed by atoms with van der Waals surface area (Å²) in [6.45, 7) is 2.09. The Kier molecular flexibility index (Phi) is 2.80. The normalized spacial score (nSPS) is 10.5. The van der Waals surface area contributed by atoms with Gasteiger partial charge in [-0.05, 0) is 0 Å². The average Bonchev–Trinajstić information content (AvgIpc) is 2.57. The Morgan fingerprint density at radius 1 is 1.47 bits per heavy atom. The molecule has 0 amide bonds. The molecule has 4 heteroatoms. The Morgan fingerprint density at radius 2 is 2.20 bits per heavy atom. The van der Waals surface area contributed by atoms with Crippen molar-refractivity contribution < 1.29 is 14.6 Å². The van der Waals surface area contributed by atoms with Crippen molar-refractivity contribution in [2.45, 2.75) is 6.92 Å². The second-order valence-electron chi connectivity index (χ2n) is 3.00. The molecule has 0 fully saturated rings. The van der Waals surface area contributed by atoms with E-state index in [0.29, 0.717) is 11.0 Å². The summed E-state index contributed by atoms with van der Waals surface area (Å²) >= 11 is -0.132. The number of aromatic hydroxyl groups is 1. The van der Waals surface area contributed by atoms with Crippen LogP contribution in [-0.2, 0) is 4.74 Å². The predicted octanol–water partition coefficient (Wildman–Crippen LogP) is 1.78. The molecule has 1 aromatic heterocycles. The molecule has 1 heterocycles. The van der Waals surface area contributed by atoms with Crippen molar-refractivity contribution in [3.05, 3.63) is 28.7 Å². The van der Waals surface area contributed by atoms with Gasteiger partial charge in [0, 0.05) is 0 Å². The van der Waals surface area contributed by atoms with Gasteiger partial charge >= 0.3 is 92.7 Å². The molecule has 0 aliphatic heterocycles. The van der Waals surface area contributed by atoms with E-state index in [1.165, 1.54) is 0 Å². The summed E-state index contributed by atoms with van der Waals surface area (Å²) in [5.41, 5.74) is 0. The van der Waals surface area contributed by atoms with Gasteiger partial charge in [-0.15, -0.1) is 0 Å². The Bertz CT molecular complexity index is 502. The first-order valence-electron chi connectivity index (χ1n) is 4.61. The number of carbonyl (C=O) groups is 1. The number of carbonyl (C=O) groups excluding carboxylic acids is 1. The summed E-state index contributed by atoms with van der Waals surface area (Å²) in [5, 5.41) is 10.6. The molecule has 1 aromatic carbocycles. The van der Waals surface area contributed by atoms with Gasteiger partial charge in [0.05, 0.1) is 0 Å². The second kappa shape index (κ2) is 4.09. The van der Waals surface area contributed by atoms with Gasteiger partial charge in [0.1, 0.15) is 0 Å². The van der Waals surface area contributed by atoms with Gasteiger partial charge in [-0.1, -0.05) is 0 Å². The van der Waals surface area contributed by atoms with Crippen molar-refractivity contribution in [3.8, 4) is 5.75 Å². The van der Waals surface area contributed by atoms with E-state index in [-0.39, 0.29) is 20.3 Å². The molecular formula is C11H10O3Se. The van der Waals surface area contributed by atoms with E-state index < -0.39 is 5.97 Å². The predicted molar refractivity (Wildman–Crippen MR) is 58.5 cm³/mol. The number of ether oxygens (including phenoxy) is 1. The van der Waals surface area contributed by atoms with E-state index in [0.717, 1.165) is 9.65 Å². The maximum atomic E-state index is 11.5. The van der Waals surface area contributed by atoms with Crippen molar-refractivity contribution >= 4 is 30.1 Å². The number of fused-ring (bicyclic) bond motifs is 1. The Hall–Kier alpha value is -1.25. The molecule has 1 N–H and O–H groups in total. The fourth-order valence-electron chi connectivity index (χ4n) is 1.37. The van der Waals surface area contributed by atoms with E-state index in [9.17, 15) is 9.90 Å². The maximum absolute atomic E-state index is 11.5. The quantitative estimate of drug-likeness (QED) is 0.667. The molecule has 3 nitrogen and oxygen atoms in total. The number of rotatable bonds is 2. The van der Waals surface area contributed by atoms with Crippen LogP contribution in [0.3, 0.4) is 0 Å². The number of benzene rings is 1. The molecule has 2 aromatic rings. The van der Waals surface area contributed by atoms with Gasteiger partial charge in [-0.25, -0.2) is 0 Å². The molecular weight excluding hydrogens is 259 g/mol. The first kappa shape index (κ1) is 10.3. The third-order valence-electron chi connectivity index (χ3n) is 2.03. The zero-order valence-electron chi connectivity index (χ0n) is 8.19. The Labute approximate surface area is 93.0 Å². The van der Waals surface area contributed by atoms with Crippen LogP contribution in [0.15, 0.2) is 24.3 Å². The van der Waals surface area contributed by atoms with E-state index in [1.807, 2.05) is 24.3 Å². The number of esters is 1. The zero-order valence-corrected chi connectivity index (χ0v) is 9.90. The average molecular weight is 269 g/mol. The molecule has 2 rings (SSSR count). The fourth-order valence-corrected chi connectivity index (χ4v) is 3.44. The van der Waals surface area contributed by atoms with Crippen LogP contribution in [0.4, 0.5) is 0 Å². The van der Waals surface area contributed by atoms with Crippen molar-refractivity contribution in [1.29, 1.82) is 0 Å². The fraction of sp³-hybridized carbons (Fsp3) is 0.182. The van der Waals surface area contributed by atoms with E-state index in [2.05, 4.69) is 0 Å². The topological polar surface area (TPSA) is 46.5 Å². The molecule has 0 bridgehead atoms. The molecule has 78 valence electrons. The van der Waals surface area contributed by atoms with E-state index in [1.54, 1.807) is 6.92 Å². The molecule has 0 spiro atoms. The monoisotopic (exact) mass is 270 g/mol. The molecule has 0 aliphatic carbocycles. The summed E-state index contributed by atoms with van der Waals surface area (Å²) in [5.74, 6) is -0.310. The summed E-state index contributed by atoms with van der Waals surface area (Å²) in [6, 6.07) is 7.50. The van der Waals surface area contributed by atoms with Crippen molar-refractivity contribution in [1.82, 2.24) is 0 Å². The first-order valence-corrected chi connectivity index (χ1v) is 6.33. The summed E-state index contributed by atoms with van der Waals surface area (Å²) in [6.07, 6.45) is 0. The Morgan fingerprint density at radius 3 is 2.87 bits per heavy atom. The summed E-state index contributed by atoms with van der Waals surface area (Å²) in [7, 11) is 0. The third-order valence-corrected chi connectivity index (χ3v) is 4.42. The van der Waals surface area contributed by atoms with Crippen LogP contribution in [0.1, 0.15) is 16.2 Å². The molecule has 15 heavy (non-hydrogen) atoms. The van der Waals surface area contributed by atoms with Crippen LogP contribution < -0.4 is 0 Å². The minimum absolute atomic E-state index is 0.0871. The van der Waals surface area contributed by atoms with Gasteiger partial charge in [0.15, 0.2) is 0 Å². The minimum atomic E-state index is -0.397. The zero-order chi connectivity index (χ0) is 10.8. The number of hydrogen-bond acceptors (Lipinski definition) is 3. The molecule has 0 radical (unpaired) electrons. The van der Waals surface area contributed by atoms with Gasteiger partial charge < -0.3 is 0 Å². The first-order chi connectivity index (χ1) is 7.24.